The number of carbonyl (C=O) groups is 2. The number of nitrogens with one attached hydrogen (secondary N) is 1. The van der Waals surface area contributed by atoms with Crippen LogP contribution in [0.25, 0.3) is 0 Å². The molecular weight excluding hydrogens is 979 g/mol. The highest BCUT2D eigenvalue weighted by atomic mass is 16.7. The predicted octanol–water partition coefficient (Wildman–Crippen LogP) is 15.8. The Morgan fingerprint density at radius 1 is 0.487 bits per heavy atom. The Balaban J connectivity index is 1.96. The normalized spacial score (nSPS) is 18.9. The number of aliphatic hydroxyl groups excluding tert-OH is 5. The van der Waals surface area contributed by atoms with Gasteiger partial charge in [-0.15, -0.1) is 0 Å². The van der Waals surface area contributed by atoms with Crippen molar-refractivity contribution < 1.29 is 49.3 Å². The van der Waals surface area contributed by atoms with E-state index in [2.05, 4.69) is 54.8 Å². The van der Waals surface area contributed by atoms with E-state index in [1.165, 1.54) is 193 Å². The van der Waals surface area contributed by atoms with Gasteiger partial charge in [0.25, 0.3) is 0 Å². The molecule has 454 valence electrons. The summed E-state index contributed by atoms with van der Waals surface area (Å²) in [6, 6.07) is -0.836. The van der Waals surface area contributed by atoms with E-state index in [4.69, 9.17) is 14.2 Å². The zero-order chi connectivity index (χ0) is 56.6. The molecule has 7 atom stereocenters. The summed E-state index contributed by atoms with van der Waals surface area (Å²) in [6.45, 7) is 4.09. The van der Waals surface area contributed by atoms with E-state index in [1.807, 2.05) is 19.1 Å². The molecule has 1 aliphatic heterocycles. The third-order valence-electron chi connectivity index (χ3n) is 15.1. The Hall–Kier alpha value is -2.64. The molecule has 0 saturated carbocycles. The third kappa shape index (κ3) is 45.0. The van der Waals surface area contributed by atoms with Crippen molar-refractivity contribution in [1.29, 1.82) is 0 Å². The van der Waals surface area contributed by atoms with Crippen LogP contribution < -0.4 is 5.32 Å². The van der Waals surface area contributed by atoms with E-state index in [0.29, 0.717) is 19.4 Å². The summed E-state index contributed by atoms with van der Waals surface area (Å²) in [6.07, 6.45) is 63.7. The van der Waals surface area contributed by atoms with Gasteiger partial charge in [-0.3, -0.25) is 9.59 Å². The molecule has 0 radical (unpaired) electrons. The first-order chi connectivity index (χ1) is 38.2. The fourth-order valence-corrected chi connectivity index (χ4v) is 9.99. The number of hydrogen-bond acceptors (Lipinski definition) is 10. The van der Waals surface area contributed by atoms with Crippen molar-refractivity contribution in [3.05, 3.63) is 60.8 Å². The molecule has 0 aromatic carbocycles. The van der Waals surface area contributed by atoms with Crippen LogP contribution >= 0.6 is 0 Å². The standard InChI is InChI=1S/C67H121NO10/c1-3-5-7-9-11-13-14-15-28-32-35-39-43-47-51-55-63(72)76-56-52-48-44-40-36-33-30-27-25-23-21-19-17-16-18-20-22-24-26-29-31-34-38-42-46-50-54-62(71)68-59(60(70)53-49-45-41-37-12-10-8-6-4-2)58-77-67-66(75)65(74)64(73)61(57-69)78-67/h4,6,12,15-16,18,28,37,49,53,59-61,64-67,69-70,73-75H,3,5,7-11,13-14,17,19-27,29-36,38-48,50-52,54-58H2,1-2H3,(H,68,71)/b6-4+,18-16-,28-15-,37-12+,53-49+. The van der Waals surface area contributed by atoms with Crippen molar-refractivity contribution in [3.8, 4) is 0 Å². The van der Waals surface area contributed by atoms with Gasteiger partial charge in [-0.05, 0) is 103 Å². The predicted molar refractivity (Wildman–Crippen MR) is 324 cm³/mol. The number of ether oxygens (including phenoxy) is 3. The van der Waals surface area contributed by atoms with Gasteiger partial charge < -0.3 is 45.1 Å². The van der Waals surface area contributed by atoms with Crippen LogP contribution in [0.15, 0.2) is 60.8 Å². The minimum absolute atomic E-state index is 0.00482. The molecule has 0 bridgehead atoms. The van der Waals surface area contributed by atoms with E-state index in [1.54, 1.807) is 6.08 Å². The first-order valence-corrected chi connectivity index (χ1v) is 32.5. The van der Waals surface area contributed by atoms with Crippen LogP contribution in [-0.4, -0.2) is 100 Å². The maximum atomic E-state index is 13.0. The quantitative estimate of drug-likeness (QED) is 0.0195. The molecule has 0 aliphatic carbocycles. The zero-order valence-corrected chi connectivity index (χ0v) is 50.1. The van der Waals surface area contributed by atoms with Gasteiger partial charge in [0.1, 0.15) is 24.4 Å². The highest BCUT2D eigenvalue weighted by molar-refractivity contribution is 5.76. The fraction of sp³-hybridized carbons (Fsp3) is 0.821. The number of aliphatic hydroxyl groups is 5. The third-order valence-corrected chi connectivity index (χ3v) is 15.1. The Kier molecular flexibility index (Phi) is 52.9. The lowest BCUT2D eigenvalue weighted by Crippen LogP contribution is -2.60. The smallest absolute Gasteiger partial charge is 0.305 e. The van der Waals surface area contributed by atoms with Gasteiger partial charge in [-0.2, -0.15) is 0 Å². The number of hydrogen-bond donors (Lipinski definition) is 6. The molecule has 1 aliphatic rings. The first-order valence-electron chi connectivity index (χ1n) is 32.5. The Morgan fingerprint density at radius 2 is 0.885 bits per heavy atom. The van der Waals surface area contributed by atoms with Crippen LogP contribution in [0, 0.1) is 0 Å². The van der Waals surface area contributed by atoms with Crippen molar-refractivity contribution in [3.63, 3.8) is 0 Å². The van der Waals surface area contributed by atoms with E-state index >= 15 is 0 Å². The lowest BCUT2D eigenvalue weighted by Gasteiger charge is -2.40. The molecule has 1 rings (SSSR count). The molecule has 1 heterocycles. The van der Waals surface area contributed by atoms with Crippen molar-refractivity contribution >= 4 is 11.9 Å². The zero-order valence-electron chi connectivity index (χ0n) is 50.1. The Labute approximate surface area is 478 Å². The van der Waals surface area contributed by atoms with Crippen LogP contribution in [0.3, 0.4) is 0 Å². The number of allylic oxidation sites excluding steroid dienone is 9. The maximum absolute atomic E-state index is 13.0. The van der Waals surface area contributed by atoms with Crippen molar-refractivity contribution in [2.24, 2.45) is 0 Å². The molecule has 1 saturated heterocycles. The number of unbranched alkanes of at least 4 members (excludes halogenated alkanes) is 35. The molecule has 0 aromatic rings. The second-order valence-corrected chi connectivity index (χ2v) is 22.5. The van der Waals surface area contributed by atoms with Crippen molar-refractivity contribution in [2.75, 3.05) is 19.8 Å². The van der Waals surface area contributed by atoms with Crippen molar-refractivity contribution in [1.82, 2.24) is 5.32 Å². The van der Waals surface area contributed by atoms with Gasteiger partial charge in [-0.1, -0.05) is 235 Å². The molecule has 7 unspecified atom stereocenters. The first kappa shape index (κ1) is 73.4. The van der Waals surface area contributed by atoms with Gasteiger partial charge in [-0.25, -0.2) is 0 Å². The molecule has 6 N–H and O–H groups in total. The second-order valence-electron chi connectivity index (χ2n) is 22.5. The number of rotatable bonds is 56. The summed E-state index contributed by atoms with van der Waals surface area (Å²) in [5, 5.41) is 54.2. The molecule has 11 heteroatoms. The summed E-state index contributed by atoms with van der Waals surface area (Å²) in [5.41, 5.74) is 0. The molecule has 78 heavy (non-hydrogen) atoms. The molecule has 0 spiro atoms. The minimum atomic E-state index is -1.58. The summed E-state index contributed by atoms with van der Waals surface area (Å²) in [4.78, 5) is 25.1. The summed E-state index contributed by atoms with van der Waals surface area (Å²) in [7, 11) is 0. The molecule has 1 amide bonds. The molecule has 11 nitrogen and oxygen atoms in total. The fourth-order valence-electron chi connectivity index (χ4n) is 9.99. The lowest BCUT2D eigenvalue weighted by molar-refractivity contribution is -0.302. The highest BCUT2D eigenvalue weighted by Crippen LogP contribution is 2.23. The highest BCUT2D eigenvalue weighted by Gasteiger charge is 2.44. The molecule has 1 fully saturated rings. The minimum Gasteiger partial charge on any atom is -0.466 e. The SMILES string of the molecule is C/C=C/CC/C=C/CC/C=C/C(O)C(COC1OC(CO)C(O)C(O)C1O)NC(=O)CCCCCCCCCCCC/C=C\CCCCCCCCCCCCCCOC(=O)CCCCCCC/C=C\CCCCCCCC. The number of carbonyl (C=O) groups excluding carboxylic acids is 2. The van der Waals surface area contributed by atoms with Gasteiger partial charge in [0.05, 0.1) is 32.0 Å². The van der Waals surface area contributed by atoms with Crippen LogP contribution in [0.2, 0.25) is 0 Å². The van der Waals surface area contributed by atoms with E-state index in [9.17, 15) is 35.1 Å². The van der Waals surface area contributed by atoms with Gasteiger partial charge in [0.15, 0.2) is 6.29 Å². The van der Waals surface area contributed by atoms with Crippen LogP contribution in [0.4, 0.5) is 0 Å². The van der Waals surface area contributed by atoms with Crippen LogP contribution in [0.5, 0.6) is 0 Å². The largest absolute Gasteiger partial charge is 0.466 e. The molecular formula is C67H121NO10. The van der Waals surface area contributed by atoms with Crippen LogP contribution in [-0.2, 0) is 23.8 Å². The summed E-state index contributed by atoms with van der Waals surface area (Å²) in [5.74, 6) is -0.207. The number of esters is 1. The summed E-state index contributed by atoms with van der Waals surface area (Å²) >= 11 is 0. The van der Waals surface area contributed by atoms with Gasteiger partial charge in [0, 0.05) is 12.8 Å². The second kappa shape index (κ2) is 56.2. The van der Waals surface area contributed by atoms with E-state index in [-0.39, 0.29) is 18.5 Å². The average molecular weight is 1100 g/mol. The lowest BCUT2D eigenvalue weighted by atomic mass is 9.99. The Bertz CT molecular complexity index is 1480. The topological polar surface area (TPSA) is 175 Å². The maximum Gasteiger partial charge on any atom is 0.305 e. The van der Waals surface area contributed by atoms with Crippen molar-refractivity contribution in [2.45, 2.75) is 333 Å². The molecule has 0 aromatic heterocycles. The average Bonchev–Trinajstić information content (AvgIpc) is 3.44. The van der Waals surface area contributed by atoms with E-state index in [0.717, 1.165) is 70.6 Å². The monoisotopic (exact) mass is 1100 g/mol. The van der Waals surface area contributed by atoms with Gasteiger partial charge in [0.2, 0.25) is 5.91 Å². The van der Waals surface area contributed by atoms with Crippen LogP contribution in [0.1, 0.15) is 290 Å². The number of amides is 1. The van der Waals surface area contributed by atoms with Gasteiger partial charge >= 0.3 is 5.97 Å². The van der Waals surface area contributed by atoms with E-state index < -0.39 is 49.5 Å². The summed E-state index contributed by atoms with van der Waals surface area (Å²) < 4.78 is 16.7. The Morgan fingerprint density at radius 3 is 1.35 bits per heavy atom.